The summed E-state index contributed by atoms with van der Waals surface area (Å²) >= 11 is 0. The minimum absolute atomic E-state index is 0.0306. The van der Waals surface area contributed by atoms with E-state index < -0.39 is 22.7 Å². The number of benzene rings is 2. The smallest absolute Gasteiger partial charge is 0.387 e. The Morgan fingerprint density at radius 2 is 1.65 bits per heavy atom. The summed E-state index contributed by atoms with van der Waals surface area (Å²) in [5.41, 5.74) is 1.34. The standard InChI is InChI=1S/C16H17F2NO3S/c1-12(14-7-9-15(10-8-14)22-16(17)18)19-23(20,21)11-13-5-3-2-4-6-13/h2-10,12,16,19H,11H2,1H3/t12-/m0/s1. The Morgan fingerprint density at radius 1 is 1.04 bits per heavy atom. The lowest BCUT2D eigenvalue weighted by Crippen LogP contribution is -2.28. The molecule has 7 heteroatoms. The predicted octanol–water partition coefficient (Wildman–Crippen LogP) is 3.47. The van der Waals surface area contributed by atoms with Gasteiger partial charge in [-0.15, -0.1) is 0 Å². The summed E-state index contributed by atoms with van der Waals surface area (Å²) in [7, 11) is -3.51. The van der Waals surface area contributed by atoms with Crippen molar-refractivity contribution in [1.29, 1.82) is 0 Å². The van der Waals surface area contributed by atoms with E-state index in [1.807, 2.05) is 6.07 Å². The minimum atomic E-state index is -3.51. The van der Waals surface area contributed by atoms with Crippen LogP contribution in [-0.4, -0.2) is 15.0 Å². The first kappa shape index (κ1) is 17.4. The Hall–Kier alpha value is -1.99. The van der Waals surface area contributed by atoms with Crippen LogP contribution in [0.4, 0.5) is 8.78 Å². The molecule has 23 heavy (non-hydrogen) atoms. The van der Waals surface area contributed by atoms with Crippen LogP contribution in [0.1, 0.15) is 24.1 Å². The number of hydrogen-bond donors (Lipinski definition) is 1. The van der Waals surface area contributed by atoms with Gasteiger partial charge in [0.05, 0.1) is 5.75 Å². The van der Waals surface area contributed by atoms with Crippen molar-refractivity contribution >= 4 is 10.0 Å². The highest BCUT2D eigenvalue weighted by Gasteiger charge is 2.16. The second kappa shape index (κ2) is 7.52. The van der Waals surface area contributed by atoms with Crippen LogP contribution in [0, 0.1) is 0 Å². The van der Waals surface area contributed by atoms with Gasteiger partial charge in [0, 0.05) is 6.04 Å². The van der Waals surface area contributed by atoms with Crippen molar-refractivity contribution in [3.05, 3.63) is 65.7 Å². The van der Waals surface area contributed by atoms with Gasteiger partial charge in [0.15, 0.2) is 0 Å². The van der Waals surface area contributed by atoms with Crippen molar-refractivity contribution in [3.8, 4) is 5.75 Å². The summed E-state index contributed by atoms with van der Waals surface area (Å²) in [5, 5.41) is 0. The summed E-state index contributed by atoms with van der Waals surface area (Å²) in [6, 6.07) is 14.2. The molecule has 2 aromatic rings. The third kappa shape index (κ3) is 5.61. The van der Waals surface area contributed by atoms with Gasteiger partial charge >= 0.3 is 6.61 Å². The number of nitrogens with one attached hydrogen (secondary N) is 1. The predicted molar refractivity (Wildman–Crippen MR) is 83.7 cm³/mol. The van der Waals surface area contributed by atoms with E-state index in [0.29, 0.717) is 11.1 Å². The van der Waals surface area contributed by atoms with Gasteiger partial charge in [0.2, 0.25) is 10.0 Å². The number of alkyl halides is 2. The normalized spacial score (nSPS) is 13.0. The van der Waals surface area contributed by atoms with Crippen LogP contribution >= 0.6 is 0 Å². The van der Waals surface area contributed by atoms with Gasteiger partial charge in [0.25, 0.3) is 0 Å². The lowest BCUT2D eigenvalue weighted by molar-refractivity contribution is -0.0498. The van der Waals surface area contributed by atoms with Gasteiger partial charge in [-0.3, -0.25) is 0 Å². The molecule has 0 saturated carbocycles. The quantitative estimate of drug-likeness (QED) is 0.839. The van der Waals surface area contributed by atoms with Crippen LogP contribution in [0.25, 0.3) is 0 Å². The van der Waals surface area contributed by atoms with Crippen molar-refractivity contribution in [2.75, 3.05) is 0 Å². The number of hydrogen-bond acceptors (Lipinski definition) is 3. The summed E-state index contributed by atoms with van der Waals surface area (Å²) in [4.78, 5) is 0. The molecule has 0 aliphatic carbocycles. The average Bonchev–Trinajstić information content (AvgIpc) is 2.47. The Bertz CT molecular complexity index is 719. The minimum Gasteiger partial charge on any atom is -0.435 e. The molecule has 2 aromatic carbocycles. The maximum Gasteiger partial charge on any atom is 0.387 e. The van der Waals surface area contributed by atoms with Crippen molar-refractivity contribution in [2.45, 2.75) is 25.3 Å². The Labute approximate surface area is 134 Å². The van der Waals surface area contributed by atoms with E-state index in [-0.39, 0.29) is 11.5 Å². The molecule has 0 bridgehead atoms. The van der Waals surface area contributed by atoms with E-state index in [1.54, 1.807) is 43.3 Å². The van der Waals surface area contributed by atoms with E-state index in [0.717, 1.165) is 0 Å². The van der Waals surface area contributed by atoms with Crippen LogP contribution in [0.2, 0.25) is 0 Å². The first-order valence-corrected chi connectivity index (χ1v) is 8.59. The average molecular weight is 341 g/mol. The molecule has 0 unspecified atom stereocenters. The molecule has 0 spiro atoms. The fourth-order valence-electron chi connectivity index (χ4n) is 2.11. The van der Waals surface area contributed by atoms with Crippen LogP contribution in [0.3, 0.4) is 0 Å². The first-order chi connectivity index (χ1) is 10.9. The summed E-state index contributed by atoms with van der Waals surface area (Å²) in [5.74, 6) is -0.0896. The second-order valence-corrected chi connectivity index (χ2v) is 6.79. The molecule has 0 saturated heterocycles. The second-order valence-electron chi connectivity index (χ2n) is 5.03. The molecule has 0 aliphatic heterocycles. The molecular formula is C16H17F2NO3S. The highest BCUT2D eigenvalue weighted by molar-refractivity contribution is 7.88. The van der Waals surface area contributed by atoms with E-state index in [9.17, 15) is 17.2 Å². The van der Waals surface area contributed by atoms with Crippen molar-refractivity contribution < 1.29 is 21.9 Å². The van der Waals surface area contributed by atoms with E-state index in [2.05, 4.69) is 9.46 Å². The van der Waals surface area contributed by atoms with Crippen LogP contribution in [-0.2, 0) is 15.8 Å². The zero-order valence-corrected chi connectivity index (χ0v) is 13.3. The fraction of sp³-hybridized carbons (Fsp3) is 0.250. The third-order valence-corrected chi connectivity index (χ3v) is 4.59. The maximum atomic E-state index is 12.2. The van der Waals surface area contributed by atoms with Crippen molar-refractivity contribution in [2.24, 2.45) is 0 Å². The highest BCUT2D eigenvalue weighted by Crippen LogP contribution is 2.20. The summed E-state index contributed by atoms with van der Waals surface area (Å²) in [6.45, 7) is -1.20. The molecule has 0 aromatic heterocycles. The largest absolute Gasteiger partial charge is 0.435 e. The summed E-state index contributed by atoms with van der Waals surface area (Å²) < 4.78 is 55.3. The van der Waals surface area contributed by atoms with Gasteiger partial charge in [-0.1, -0.05) is 42.5 Å². The van der Waals surface area contributed by atoms with Gasteiger partial charge in [-0.25, -0.2) is 13.1 Å². The molecule has 4 nitrogen and oxygen atoms in total. The van der Waals surface area contributed by atoms with Crippen molar-refractivity contribution in [1.82, 2.24) is 4.72 Å². The van der Waals surface area contributed by atoms with Crippen LogP contribution in [0.5, 0.6) is 5.75 Å². The fourth-order valence-corrected chi connectivity index (χ4v) is 3.50. The zero-order chi connectivity index (χ0) is 16.9. The zero-order valence-electron chi connectivity index (χ0n) is 12.4. The third-order valence-electron chi connectivity index (χ3n) is 3.16. The molecule has 0 fully saturated rings. The molecule has 2 rings (SSSR count). The molecule has 0 radical (unpaired) electrons. The molecule has 0 aliphatic rings. The maximum absolute atomic E-state index is 12.2. The van der Waals surface area contributed by atoms with E-state index in [4.69, 9.17) is 0 Å². The van der Waals surface area contributed by atoms with Gasteiger partial charge < -0.3 is 4.74 Å². The monoisotopic (exact) mass is 341 g/mol. The lowest BCUT2D eigenvalue weighted by atomic mass is 10.1. The van der Waals surface area contributed by atoms with Crippen LogP contribution < -0.4 is 9.46 Å². The Morgan fingerprint density at radius 3 is 2.22 bits per heavy atom. The molecule has 0 heterocycles. The van der Waals surface area contributed by atoms with E-state index >= 15 is 0 Å². The van der Waals surface area contributed by atoms with Gasteiger partial charge in [-0.05, 0) is 30.2 Å². The molecule has 1 N–H and O–H groups in total. The molecule has 1 atom stereocenters. The Balaban J connectivity index is 2.01. The number of ether oxygens (including phenoxy) is 1. The molecule has 0 amide bonds. The Kier molecular flexibility index (Phi) is 5.68. The summed E-state index contributed by atoms with van der Waals surface area (Å²) in [6.07, 6.45) is 0. The topological polar surface area (TPSA) is 55.4 Å². The number of sulfonamides is 1. The lowest BCUT2D eigenvalue weighted by Gasteiger charge is -2.15. The number of halogens is 2. The highest BCUT2D eigenvalue weighted by atomic mass is 32.2. The van der Waals surface area contributed by atoms with Gasteiger partial charge in [0.1, 0.15) is 5.75 Å². The molecular weight excluding hydrogens is 324 g/mol. The SMILES string of the molecule is C[C@H](NS(=O)(=O)Cc1ccccc1)c1ccc(OC(F)F)cc1. The molecule has 124 valence electrons. The van der Waals surface area contributed by atoms with Gasteiger partial charge in [-0.2, -0.15) is 8.78 Å². The number of rotatable bonds is 7. The van der Waals surface area contributed by atoms with Crippen molar-refractivity contribution in [3.63, 3.8) is 0 Å². The first-order valence-electron chi connectivity index (χ1n) is 6.94. The van der Waals surface area contributed by atoms with E-state index in [1.165, 1.54) is 12.1 Å². The van der Waals surface area contributed by atoms with Crippen LogP contribution in [0.15, 0.2) is 54.6 Å².